The van der Waals surface area contributed by atoms with Gasteiger partial charge in [0.2, 0.25) is 0 Å². The highest BCUT2D eigenvalue weighted by atomic mass is 35.5. The largest absolute Gasteiger partial charge is 0.395 e. The van der Waals surface area contributed by atoms with Crippen molar-refractivity contribution in [2.45, 2.75) is 26.9 Å². The van der Waals surface area contributed by atoms with Gasteiger partial charge in [-0.2, -0.15) is 0 Å². The fourth-order valence-corrected chi connectivity index (χ4v) is 3.60. The molecule has 0 radical (unpaired) electrons. The lowest BCUT2D eigenvalue weighted by Gasteiger charge is -2.23. The number of hydrogen-bond acceptors (Lipinski definition) is 2. The maximum atomic E-state index is 13.4. The van der Waals surface area contributed by atoms with E-state index in [1.807, 2.05) is 66.9 Å². The fourth-order valence-electron chi connectivity index (χ4n) is 3.43. The van der Waals surface area contributed by atoms with Gasteiger partial charge in [0.05, 0.1) is 6.61 Å². The second-order valence-electron chi connectivity index (χ2n) is 6.32. The number of rotatable bonds is 6. The molecule has 0 atom stereocenters. The molecule has 136 valence electrons. The lowest BCUT2D eigenvalue weighted by Crippen LogP contribution is -2.34. The van der Waals surface area contributed by atoms with Crippen LogP contribution in [0.25, 0.3) is 10.9 Å². The maximum absolute atomic E-state index is 13.4. The molecule has 3 rings (SSSR count). The minimum atomic E-state index is -0.0745. The summed E-state index contributed by atoms with van der Waals surface area (Å²) in [6.45, 7) is 5.35. The second-order valence-corrected chi connectivity index (χ2v) is 6.75. The maximum Gasteiger partial charge on any atom is 0.271 e. The molecule has 0 spiro atoms. The molecule has 0 fully saturated rings. The number of hydrogen-bond donors (Lipinski definition) is 1. The van der Waals surface area contributed by atoms with E-state index >= 15 is 0 Å². The summed E-state index contributed by atoms with van der Waals surface area (Å²) >= 11 is 6.16. The number of benzene rings is 2. The quantitative estimate of drug-likeness (QED) is 0.704. The van der Waals surface area contributed by atoms with Crippen LogP contribution >= 0.6 is 11.6 Å². The van der Waals surface area contributed by atoms with Crippen molar-refractivity contribution < 1.29 is 9.90 Å². The second kappa shape index (κ2) is 7.94. The molecular weight excluding hydrogens is 348 g/mol. The van der Waals surface area contributed by atoms with Gasteiger partial charge in [-0.25, -0.2) is 0 Å². The van der Waals surface area contributed by atoms with Crippen molar-refractivity contribution in [3.05, 3.63) is 70.4 Å². The van der Waals surface area contributed by atoms with Crippen molar-refractivity contribution in [2.24, 2.45) is 0 Å². The van der Waals surface area contributed by atoms with Crippen LogP contribution in [-0.2, 0) is 13.1 Å². The highest BCUT2D eigenvalue weighted by Gasteiger charge is 2.24. The lowest BCUT2D eigenvalue weighted by molar-refractivity contribution is 0.0697. The van der Waals surface area contributed by atoms with E-state index in [1.54, 1.807) is 4.90 Å². The SMILES string of the molecule is CCn1c(C(=O)N(CCO)Cc2ccccc2)c(C)c2cc(Cl)ccc21. The van der Waals surface area contributed by atoms with E-state index in [0.717, 1.165) is 22.0 Å². The first-order chi connectivity index (χ1) is 12.6. The number of aliphatic hydroxyl groups excluding tert-OH is 1. The molecule has 0 unspecified atom stereocenters. The zero-order valence-electron chi connectivity index (χ0n) is 15.1. The third-order valence-electron chi connectivity index (χ3n) is 4.67. The van der Waals surface area contributed by atoms with Gasteiger partial charge in [0.1, 0.15) is 5.69 Å². The van der Waals surface area contributed by atoms with Crippen LogP contribution in [0.4, 0.5) is 0 Å². The Hall–Kier alpha value is -2.30. The summed E-state index contributed by atoms with van der Waals surface area (Å²) in [5, 5.41) is 11.1. The normalized spacial score (nSPS) is 11.1. The minimum Gasteiger partial charge on any atom is -0.395 e. The number of carbonyl (C=O) groups excluding carboxylic acids is 1. The van der Waals surface area contributed by atoms with Crippen molar-refractivity contribution in [1.29, 1.82) is 0 Å². The van der Waals surface area contributed by atoms with Gasteiger partial charge in [-0.1, -0.05) is 41.9 Å². The van der Waals surface area contributed by atoms with Crippen LogP contribution in [0.5, 0.6) is 0 Å². The summed E-state index contributed by atoms with van der Waals surface area (Å²) in [6, 6.07) is 15.5. The van der Waals surface area contributed by atoms with Crippen molar-refractivity contribution in [3.63, 3.8) is 0 Å². The van der Waals surface area contributed by atoms with E-state index in [2.05, 4.69) is 0 Å². The van der Waals surface area contributed by atoms with E-state index in [-0.39, 0.29) is 12.5 Å². The van der Waals surface area contributed by atoms with Gasteiger partial charge < -0.3 is 14.6 Å². The summed E-state index contributed by atoms with van der Waals surface area (Å²) in [4.78, 5) is 15.1. The van der Waals surface area contributed by atoms with E-state index in [0.29, 0.717) is 30.4 Å². The summed E-state index contributed by atoms with van der Waals surface area (Å²) in [5.41, 5.74) is 3.62. The summed E-state index contributed by atoms with van der Waals surface area (Å²) < 4.78 is 2.03. The number of amides is 1. The van der Waals surface area contributed by atoms with E-state index in [1.165, 1.54) is 0 Å². The smallest absolute Gasteiger partial charge is 0.271 e. The highest BCUT2D eigenvalue weighted by molar-refractivity contribution is 6.31. The van der Waals surface area contributed by atoms with Crippen molar-refractivity contribution >= 4 is 28.4 Å². The predicted molar refractivity (Wildman–Crippen MR) is 106 cm³/mol. The van der Waals surface area contributed by atoms with Gasteiger partial charge in [-0.15, -0.1) is 0 Å². The zero-order chi connectivity index (χ0) is 18.7. The number of nitrogens with zero attached hydrogens (tertiary/aromatic N) is 2. The molecule has 26 heavy (non-hydrogen) atoms. The number of aryl methyl sites for hydroxylation is 2. The first-order valence-electron chi connectivity index (χ1n) is 8.79. The molecule has 0 aliphatic heterocycles. The Kier molecular flexibility index (Phi) is 5.64. The number of aliphatic hydroxyl groups is 1. The monoisotopic (exact) mass is 370 g/mol. The standard InChI is InChI=1S/C21H23ClN2O2/c1-3-24-19-10-9-17(22)13-18(19)15(2)20(24)21(26)23(11-12-25)14-16-7-5-4-6-8-16/h4-10,13,25H,3,11-12,14H2,1-2H3. The van der Waals surface area contributed by atoms with Crippen LogP contribution in [0.2, 0.25) is 5.02 Å². The Balaban J connectivity index is 2.05. The van der Waals surface area contributed by atoms with Crippen LogP contribution in [0.3, 0.4) is 0 Å². The fraction of sp³-hybridized carbons (Fsp3) is 0.286. The molecule has 1 amide bonds. The van der Waals surface area contributed by atoms with Crippen LogP contribution in [0, 0.1) is 6.92 Å². The zero-order valence-corrected chi connectivity index (χ0v) is 15.8. The van der Waals surface area contributed by atoms with Gasteiger partial charge in [0.25, 0.3) is 5.91 Å². The van der Waals surface area contributed by atoms with Crippen molar-refractivity contribution in [3.8, 4) is 0 Å². The highest BCUT2D eigenvalue weighted by Crippen LogP contribution is 2.29. The van der Waals surface area contributed by atoms with Gasteiger partial charge in [0.15, 0.2) is 0 Å². The molecule has 0 saturated heterocycles. The van der Waals surface area contributed by atoms with Crippen molar-refractivity contribution in [1.82, 2.24) is 9.47 Å². The summed E-state index contributed by atoms with van der Waals surface area (Å²) in [6.07, 6.45) is 0. The first kappa shape index (κ1) is 18.5. The molecule has 1 heterocycles. The third kappa shape index (κ3) is 3.48. The number of halogens is 1. The molecule has 2 aromatic carbocycles. The van der Waals surface area contributed by atoms with Gasteiger partial charge in [0, 0.05) is 35.6 Å². The number of aromatic nitrogens is 1. The average molecular weight is 371 g/mol. The molecule has 1 aromatic heterocycles. The minimum absolute atomic E-state index is 0.0736. The van der Waals surface area contributed by atoms with Gasteiger partial charge in [-0.05, 0) is 43.2 Å². The average Bonchev–Trinajstić information content (AvgIpc) is 2.93. The topological polar surface area (TPSA) is 45.5 Å². The van der Waals surface area contributed by atoms with Crippen LogP contribution < -0.4 is 0 Å². The third-order valence-corrected chi connectivity index (χ3v) is 4.91. The lowest BCUT2D eigenvalue weighted by atomic mass is 10.1. The summed E-state index contributed by atoms with van der Waals surface area (Å²) in [7, 11) is 0. The van der Waals surface area contributed by atoms with Crippen molar-refractivity contribution in [2.75, 3.05) is 13.2 Å². The van der Waals surface area contributed by atoms with Crippen LogP contribution in [-0.4, -0.2) is 33.6 Å². The molecule has 0 saturated carbocycles. The molecule has 0 bridgehead atoms. The Morgan fingerprint density at radius 1 is 1.19 bits per heavy atom. The van der Waals surface area contributed by atoms with Gasteiger partial charge >= 0.3 is 0 Å². The van der Waals surface area contributed by atoms with Crippen LogP contribution in [0.1, 0.15) is 28.5 Å². The van der Waals surface area contributed by atoms with Crippen LogP contribution in [0.15, 0.2) is 48.5 Å². The molecule has 4 nitrogen and oxygen atoms in total. The Bertz CT molecular complexity index is 919. The van der Waals surface area contributed by atoms with Gasteiger partial charge in [-0.3, -0.25) is 4.79 Å². The van der Waals surface area contributed by atoms with E-state index in [4.69, 9.17) is 11.6 Å². The molecule has 0 aliphatic carbocycles. The molecule has 1 N–H and O–H groups in total. The Morgan fingerprint density at radius 3 is 2.58 bits per heavy atom. The molecular formula is C21H23ClN2O2. The Labute approximate surface area is 158 Å². The van der Waals surface area contributed by atoms with E-state index < -0.39 is 0 Å². The summed E-state index contributed by atoms with van der Waals surface area (Å²) in [5.74, 6) is -0.0745. The molecule has 0 aliphatic rings. The first-order valence-corrected chi connectivity index (χ1v) is 9.17. The number of fused-ring (bicyclic) bond motifs is 1. The predicted octanol–water partition coefficient (Wildman–Crippen LogP) is 4.26. The van der Waals surface area contributed by atoms with E-state index in [9.17, 15) is 9.90 Å². The molecule has 3 aromatic rings. The Morgan fingerprint density at radius 2 is 1.92 bits per heavy atom. The molecule has 5 heteroatoms. The number of carbonyl (C=O) groups is 1.